The number of aromatic amines is 1. The highest BCUT2D eigenvalue weighted by molar-refractivity contribution is 6.00. The van der Waals surface area contributed by atoms with Gasteiger partial charge in [-0.25, -0.2) is 4.79 Å². The number of nitrogens with one attached hydrogen (secondary N) is 1. The molecule has 2 aromatic rings. The molecule has 0 saturated carbocycles. The molecular weight excluding hydrogens is 392 g/mol. The van der Waals surface area contributed by atoms with Crippen molar-refractivity contribution in [2.24, 2.45) is 0 Å². The number of nitrogens with zero attached hydrogens (tertiary/aromatic N) is 2. The zero-order chi connectivity index (χ0) is 22.4. The molecule has 1 unspecified atom stereocenters. The van der Waals surface area contributed by atoms with Gasteiger partial charge >= 0.3 is 5.69 Å². The minimum Gasteiger partial charge on any atom is -0.383 e. The Bertz CT molecular complexity index is 1020. The number of anilines is 2. The van der Waals surface area contributed by atoms with E-state index in [0.29, 0.717) is 13.1 Å². The lowest BCUT2D eigenvalue weighted by Gasteiger charge is -2.31. The van der Waals surface area contributed by atoms with E-state index in [9.17, 15) is 14.4 Å². The maximum Gasteiger partial charge on any atom is 0.330 e. The fourth-order valence-electron chi connectivity index (χ4n) is 4.43. The van der Waals surface area contributed by atoms with Crippen molar-refractivity contribution in [3.8, 4) is 0 Å². The monoisotopic (exact) mass is 426 g/mol. The van der Waals surface area contributed by atoms with E-state index in [1.807, 2.05) is 25.1 Å². The maximum atomic E-state index is 13.8. The zero-order valence-corrected chi connectivity index (χ0v) is 18.7. The van der Waals surface area contributed by atoms with E-state index in [-0.39, 0.29) is 23.3 Å². The number of hydrogen-bond donors (Lipinski definition) is 2. The Kier molecular flexibility index (Phi) is 7.71. The number of unbranched alkanes of at least 4 members (excludes halogenated alkanes) is 3. The van der Waals surface area contributed by atoms with Crippen LogP contribution in [0.5, 0.6) is 0 Å². The summed E-state index contributed by atoms with van der Waals surface area (Å²) < 4.78 is 1.38. The van der Waals surface area contributed by atoms with Gasteiger partial charge in [0.1, 0.15) is 5.82 Å². The van der Waals surface area contributed by atoms with E-state index >= 15 is 0 Å². The molecule has 0 aliphatic heterocycles. The van der Waals surface area contributed by atoms with Gasteiger partial charge < -0.3 is 10.6 Å². The fraction of sp³-hybridized carbons (Fsp3) is 0.542. The van der Waals surface area contributed by atoms with Crippen LogP contribution in [-0.4, -0.2) is 22.0 Å². The van der Waals surface area contributed by atoms with Crippen LogP contribution in [0.2, 0.25) is 0 Å². The highest BCUT2D eigenvalue weighted by Crippen LogP contribution is 2.34. The molecule has 168 valence electrons. The fourth-order valence-corrected chi connectivity index (χ4v) is 4.43. The third kappa shape index (κ3) is 4.92. The average Bonchev–Trinajstić information content (AvgIpc) is 2.77. The molecule has 0 saturated heterocycles. The summed E-state index contributed by atoms with van der Waals surface area (Å²) in [7, 11) is 0. The Hall–Kier alpha value is -2.83. The second-order valence-electron chi connectivity index (χ2n) is 8.34. The first-order valence-corrected chi connectivity index (χ1v) is 11.5. The lowest BCUT2D eigenvalue weighted by Crippen LogP contribution is -2.44. The van der Waals surface area contributed by atoms with Crippen LogP contribution in [0.1, 0.15) is 75.8 Å². The minimum atomic E-state index is -0.593. The summed E-state index contributed by atoms with van der Waals surface area (Å²) in [5, 5.41) is 0. The molecule has 1 aliphatic rings. The topological polar surface area (TPSA) is 101 Å². The van der Waals surface area contributed by atoms with Crippen LogP contribution in [0.4, 0.5) is 11.5 Å². The molecule has 1 atom stereocenters. The first-order valence-electron chi connectivity index (χ1n) is 11.5. The van der Waals surface area contributed by atoms with Crippen LogP contribution < -0.4 is 21.9 Å². The molecule has 1 aromatic heterocycles. The van der Waals surface area contributed by atoms with Gasteiger partial charge in [-0.05, 0) is 43.2 Å². The van der Waals surface area contributed by atoms with E-state index in [0.717, 1.165) is 56.9 Å². The van der Waals surface area contributed by atoms with Gasteiger partial charge in [-0.15, -0.1) is 0 Å². The van der Waals surface area contributed by atoms with Crippen molar-refractivity contribution in [1.29, 1.82) is 0 Å². The van der Waals surface area contributed by atoms with Crippen molar-refractivity contribution in [1.82, 2.24) is 9.55 Å². The number of carbonyl (C=O) groups excluding carboxylic acids is 1. The van der Waals surface area contributed by atoms with E-state index in [1.54, 1.807) is 4.90 Å². The maximum absolute atomic E-state index is 13.8. The number of H-pyrrole nitrogens is 1. The molecule has 31 heavy (non-hydrogen) atoms. The summed E-state index contributed by atoms with van der Waals surface area (Å²) in [6.45, 7) is 4.93. The molecule has 0 spiro atoms. The van der Waals surface area contributed by atoms with E-state index in [4.69, 9.17) is 5.73 Å². The van der Waals surface area contributed by atoms with Crippen molar-refractivity contribution >= 4 is 17.4 Å². The summed E-state index contributed by atoms with van der Waals surface area (Å²) in [5.74, 6) is -0.335. The average molecular weight is 427 g/mol. The molecule has 7 heteroatoms. The molecule has 7 nitrogen and oxygen atoms in total. The smallest absolute Gasteiger partial charge is 0.330 e. The first-order chi connectivity index (χ1) is 15.0. The molecule has 1 heterocycles. The van der Waals surface area contributed by atoms with Crippen LogP contribution in [0.15, 0.2) is 33.9 Å². The molecule has 3 N–H and O–H groups in total. The number of hydrogen-bond acceptors (Lipinski definition) is 4. The van der Waals surface area contributed by atoms with Crippen molar-refractivity contribution in [2.75, 3.05) is 17.2 Å². The zero-order valence-electron chi connectivity index (χ0n) is 18.7. The molecular formula is C24H34N4O3. The number of fused-ring (bicyclic) bond motifs is 1. The van der Waals surface area contributed by atoms with E-state index < -0.39 is 11.2 Å². The highest BCUT2D eigenvalue weighted by atomic mass is 16.2. The predicted octanol–water partition coefficient (Wildman–Crippen LogP) is 3.56. The van der Waals surface area contributed by atoms with Gasteiger partial charge in [0, 0.05) is 13.1 Å². The highest BCUT2D eigenvalue weighted by Gasteiger charge is 2.33. The quantitative estimate of drug-likeness (QED) is 0.599. The summed E-state index contributed by atoms with van der Waals surface area (Å²) in [6, 6.07) is 8.04. The van der Waals surface area contributed by atoms with Gasteiger partial charge in [0.15, 0.2) is 5.69 Å². The third-order valence-corrected chi connectivity index (χ3v) is 6.14. The lowest BCUT2D eigenvalue weighted by atomic mass is 9.82. The summed E-state index contributed by atoms with van der Waals surface area (Å²) in [6.07, 6.45) is 6.98. The first kappa shape index (κ1) is 22.8. The van der Waals surface area contributed by atoms with Crippen LogP contribution in [0, 0.1) is 0 Å². The van der Waals surface area contributed by atoms with Gasteiger partial charge in [-0.3, -0.25) is 19.1 Å². The number of benzene rings is 1. The number of carbonyl (C=O) groups is 1. The molecule has 0 bridgehead atoms. The van der Waals surface area contributed by atoms with Crippen molar-refractivity contribution < 1.29 is 4.79 Å². The van der Waals surface area contributed by atoms with Gasteiger partial charge in [0.25, 0.3) is 5.56 Å². The van der Waals surface area contributed by atoms with Crippen molar-refractivity contribution in [3.63, 3.8) is 0 Å². The molecule has 0 fully saturated rings. The number of rotatable bonds is 9. The molecule has 1 aliphatic carbocycles. The van der Waals surface area contributed by atoms with Crippen LogP contribution >= 0.6 is 0 Å². The molecule has 1 aromatic carbocycles. The molecule has 3 rings (SSSR count). The number of nitrogen functional groups attached to an aromatic ring is 1. The lowest BCUT2D eigenvalue weighted by molar-refractivity contribution is -0.120. The van der Waals surface area contributed by atoms with Crippen molar-refractivity contribution in [2.45, 2.75) is 77.7 Å². The predicted molar refractivity (Wildman–Crippen MR) is 125 cm³/mol. The minimum absolute atomic E-state index is 0.0798. The van der Waals surface area contributed by atoms with Gasteiger partial charge in [-0.1, -0.05) is 57.4 Å². The van der Waals surface area contributed by atoms with Gasteiger partial charge in [0.05, 0.1) is 5.92 Å². The third-order valence-electron chi connectivity index (χ3n) is 6.14. The standard InChI is InChI=1S/C24H34N4O3/c1-3-5-9-16-27(20-21(25)28(15-6-4-2)24(31)26-22(20)29)23(30)19-14-10-12-17-11-7-8-13-18(17)19/h7-8,11,13,19H,3-6,9-10,12,14-16,25H2,1-2H3,(H,26,29,31). The van der Waals surface area contributed by atoms with Gasteiger partial charge in [0.2, 0.25) is 5.91 Å². The molecule has 0 radical (unpaired) electrons. The van der Waals surface area contributed by atoms with Crippen molar-refractivity contribution in [3.05, 3.63) is 56.2 Å². The summed E-state index contributed by atoms with van der Waals surface area (Å²) in [5.41, 5.74) is 7.56. The normalized spacial score (nSPS) is 15.5. The number of aromatic nitrogens is 2. The van der Waals surface area contributed by atoms with Crippen LogP contribution in [0.3, 0.4) is 0 Å². The van der Waals surface area contributed by atoms with E-state index in [2.05, 4.69) is 18.0 Å². The van der Waals surface area contributed by atoms with Crippen LogP contribution in [-0.2, 0) is 17.8 Å². The summed E-state index contributed by atoms with van der Waals surface area (Å²) >= 11 is 0. The Labute approximate surface area is 183 Å². The largest absolute Gasteiger partial charge is 0.383 e. The number of nitrogens with two attached hydrogens (primary N) is 1. The number of amides is 1. The Morgan fingerprint density at radius 1 is 1.16 bits per heavy atom. The van der Waals surface area contributed by atoms with E-state index in [1.165, 1.54) is 10.1 Å². The Balaban J connectivity index is 2.05. The number of aryl methyl sites for hydroxylation is 1. The second kappa shape index (κ2) is 10.5. The second-order valence-corrected chi connectivity index (χ2v) is 8.34. The Morgan fingerprint density at radius 3 is 2.65 bits per heavy atom. The molecule has 1 amide bonds. The van der Waals surface area contributed by atoms with Gasteiger partial charge in [-0.2, -0.15) is 0 Å². The van der Waals surface area contributed by atoms with Crippen LogP contribution in [0.25, 0.3) is 0 Å². The SMILES string of the molecule is CCCCCN(C(=O)C1CCCc2ccccc21)c1c(N)n(CCCC)c(=O)[nH]c1=O. The summed E-state index contributed by atoms with van der Waals surface area (Å²) in [4.78, 5) is 42.9. The Morgan fingerprint density at radius 2 is 1.90 bits per heavy atom.